The van der Waals surface area contributed by atoms with Crippen LogP contribution in [0.15, 0.2) is 60.7 Å². The zero-order valence-corrected chi connectivity index (χ0v) is 19.3. The summed E-state index contributed by atoms with van der Waals surface area (Å²) in [4.78, 5) is 16.9. The normalized spacial score (nSPS) is 13.1. The standard InChI is InChI=1S/C26H31N5O2/c1-3-30(4-2)22-8-7-9-23(18-22)33-19-26(32)27-21-12-10-20(11-13-21)24-14-15-25(29-28-24)31-16-5-6-17-31/h7-15,18H,3-6,16-17,19H2,1-2H3,(H,27,32). The van der Waals surface area contributed by atoms with Gasteiger partial charge >= 0.3 is 0 Å². The van der Waals surface area contributed by atoms with E-state index in [1.807, 2.05) is 60.7 Å². The van der Waals surface area contributed by atoms with Crippen molar-refractivity contribution in [1.82, 2.24) is 10.2 Å². The van der Waals surface area contributed by atoms with Crippen molar-refractivity contribution >= 4 is 23.1 Å². The van der Waals surface area contributed by atoms with Crippen molar-refractivity contribution in [3.8, 4) is 17.0 Å². The average molecular weight is 446 g/mol. The fraction of sp³-hybridized carbons (Fsp3) is 0.346. The van der Waals surface area contributed by atoms with E-state index >= 15 is 0 Å². The molecule has 1 N–H and O–H groups in total. The predicted octanol–water partition coefficient (Wildman–Crippen LogP) is 4.61. The van der Waals surface area contributed by atoms with Crippen LogP contribution in [-0.4, -0.2) is 48.9 Å². The van der Waals surface area contributed by atoms with E-state index in [2.05, 4.69) is 39.2 Å². The van der Waals surface area contributed by atoms with Gasteiger partial charge in [0, 0.05) is 49.2 Å². The molecule has 2 aromatic carbocycles. The molecule has 0 aliphatic carbocycles. The molecule has 7 heteroatoms. The molecule has 0 saturated carbocycles. The monoisotopic (exact) mass is 445 g/mol. The van der Waals surface area contributed by atoms with Gasteiger partial charge in [-0.1, -0.05) is 18.2 Å². The maximum absolute atomic E-state index is 12.4. The summed E-state index contributed by atoms with van der Waals surface area (Å²) in [5.74, 6) is 1.41. The first-order valence-electron chi connectivity index (χ1n) is 11.6. The highest BCUT2D eigenvalue weighted by atomic mass is 16.5. The Kier molecular flexibility index (Phi) is 7.40. The maximum atomic E-state index is 12.4. The van der Waals surface area contributed by atoms with Gasteiger partial charge in [-0.05, 0) is 63.1 Å². The van der Waals surface area contributed by atoms with Crippen LogP contribution in [0.2, 0.25) is 0 Å². The van der Waals surface area contributed by atoms with E-state index in [1.165, 1.54) is 12.8 Å². The van der Waals surface area contributed by atoms with Crippen molar-refractivity contribution in [1.29, 1.82) is 0 Å². The minimum absolute atomic E-state index is 0.0487. The first kappa shape index (κ1) is 22.6. The molecule has 0 unspecified atom stereocenters. The van der Waals surface area contributed by atoms with Crippen LogP contribution < -0.4 is 19.9 Å². The molecular weight excluding hydrogens is 414 g/mol. The molecule has 0 bridgehead atoms. The zero-order chi connectivity index (χ0) is 23.0. The third-order valence-electron chi connectivity index (χ3n) is 5.86. The predicted molar refractivity (Wildman–Crippen MR) is 133 cm³/mol. The topological polar surface area (TPSA) is 70.6 Å². The Bertz CT molecular complexity index is 1040. The molecule has 1 fully saturated rings. The van der Waals surface area contributed by atoms with Gasteiger partial charge in [0.05, 0.1) is 5.69 Å². The summed E-state index contributed by atoms with van der Waals surface area (Å²) in [5, 5.41) is 11.6. The molecule has 0 spiro atoms. The number of benzene rings is 2. The summed E-state index contributed by atoms with van der Waals surface area (Å²) in [6.07, 6.45) is 2.43. The van der Waals surface area contributed by atoms with Crippen LogP contribution in [0.1, 0.15) is 26.7 Å². The van der Waals surface area contributed by atoms with Crippen LogP contribution in [0.4, 0.5) is 17.2 Å². The van der Waals surface area contributed by atoms with Crippen LogP contribution in [0.25, 0.3) is 11.3 Å². The van der Waals surface area contributed by atoms with Crippen molar-refractivity contribution in [2.24, 2.45) is 0 Å². The number of hydrogen-bond acceptors (Lipinski definition) is 6. The molecular formula is C26H31N5O2. The van der Waals surface area contributed by atoms with Gasteiger partial charge in [-0.15, -0.1) is 10.2 Å². The van der Waals surface area contributed by atoms with Crippen molar-refractivity contribution < 1.29 is 9.53 Å². The molecule has 1 aliphatic rings. The van der Waals surface area contributed by atoms with Gasteiger partial charge in [0.15, 0.2) is 12.4 Å². The lowest BCUT2D eigenvalue weighted by molar-refractivity contribution is -0.118. The lowest BCUT2D eigenvalue weighted by Crippen LogP contribution is -2.22. The van der Waals surface area contributed by atoms with Gasteiger partial charge in [0.1, 0.15) is 5.75 Å². The Morgan fingerprint density at radius 3 is 2.42 bits per heavy atom. The molecule has 33 heavy (non-hydrogen) atoms. The average Bonchev–Trinajstić information content (AvgIpc) is 3.40. The van der Waals surface area contributed by atoms with Crippen molar-refractivity contribution in [2.45, 2.75) is 26.7 Å². The van der Waals surface area contributed by atoms with E-state index in [9.17, 15) is 4.79 Å². The van der Waals surface area contributed by atoms with Crippen molar-refractivity contribution in [3.05, 3.63) is 60.7 Å². The number of rotatable bonds is 9. The first-order valence-corrected chi connectivity index (χ1v) is 11.6. The molecule has 2 heterocycles. The first-order chi connectivity index (χ1) is 16.2. The number of nitrogens with one attached hydrogen (secondary N) is 1. The minimum atomic E-state index is -0.203. The molecule has 1 aliphatic heterocycles. The summed E-state index contributed by atoms with van der Waals surface area (Å²) in [6.45, 7) is 8.13. The highest BCUT2D eigenvalue weighted by Gasteiger charge is 2.14. The van der Waals surface area contributed by atoms with Crippen LogP contribution in [0.5, 0.6) is 5.75 Å². The number of ether oxygens (including phenoxy) is 1. The second-order valence-electron chi connectivity index (χ2n) is 8.05. The van der Waals surface area contributed by atoms with E-state index < -0.39 is 0 Å². The summed E-state index contributed by atoms with van der Waals surface area (Å²) >= 11 is 0. The number of anilines is 3. The fourth-order valence-electron chi connectivity index (χ4n) is 4.02. The van der Waals surface area contributed by atoms with Crippen LogP contribution in [0.3, 0.4) is 0 Å². The Morgan fingerprint density at radius 1 is 1.00 bits per heavy atom. The van der Waals surface area contributed by atoms with Gasteiger partial charge in [0.2, 0.25) is 0 Å². The molecule has 0 atom stereocenters. The van der Waals surface area contributed by atoms with Gasteiger partial charge in [0.25, 0.3) is 5.91 Å². The number of carbonyl (C=O) groups is 1. The third-order valence-corrected chi connectivity index (χ3v) is 5.86. The molecule has 1 saturated heterocycles. The van der Waals surface area contributed by atoms with Crippen molar-refractivity contribution in [2.75, 3.05) is 47.9 Å². The van der Waals surface area contributed by atoms with Gasteiger partial charge in [-0.3, -0.25) is 4.79 Å². The molecule has 172 valence electrons. The lowest BCUT2D eigenvalue weighted by Gasteiger charge is -2.21. The molecule has 1 aromatic heterocycles. The number of aromatic nitrogens is 2. The van der Waals surface area contributed by atoms with E-state index in [1.54, 1.807) is 0 Å². The maximum Gasteiger partial charge on any atom is 0.262 e. The smallest absolute Gasteiger partial charge is 0.262 e. The van der Waals surface area contributed by atoms with Gasteiger partial charge in [-0.2, -0.15) is 0 Å². The zero-order valence-electron chi connectivity index (χ0n) is 19.3. The third kappa shape index (κ3) is 5.80. The summed E-state index contributed by atoms with van der Waals surface area (Å²) in [6, 6.07) is 19.4. The summed E-state index contributed by atoms with van der Waals surface area (Å²) < 4.78 is 5.71. The Morgan fingerprint density at radius 2 is 1.76 bits per heavy atom. The number of hydrogen-bond donors (Lipinski definition) is 1. The Hall–Kier alpha value is -3.61. The lowest BCUT2D eigenvalue weighted by atomic mass is 10.1. The van der Waals surface area contributed by atoms with Crippen molar-refractivity contribution in [3.63, 3.8) is 0 Å². The molecule has 7 nitrogen and oxygen atoms in total. The van der Waals surface area contributed by atoms with E-state index in [-0.39, 0.29) is 12.5 Å². The summed E-state index contributed by atoms with van der Waals surface area (Å²) in [7, 11) is 0. The van der Waals surface area contributed by atoms with Gasteiger partial charge < -0.3 is 19.9 Å². The number of carbonyl (C=O) groups excluding carboxylic acids is 1. The summed E-state index contributed by atoms with van der Waals surface area (Å²) in [5.41, 5.74) is 3.57. The van der Waals surface area contributed by atoms with E-state index in [0.29, 0.717) is 11.4 Å². The molecule has 0 radical (unpaired) electrons. The van der Waals surface area contributed by atoms with E-state index in [0.717, 1.165) is 48.9 Å². The largest absolute Gasteiger partial charge is 0.484 e. The van der Waals surface area contributed by atoms with Crippen LogP contribution >= 0.6 is 0 Å². The minimum Gasteiger partial charge on any atom is -0.484 e. The van der Waals surface area contributed by atoms with Crippen LogP contribution in [-0.2, 0) is 4.79 Å². The second kappa shape index (κ2) is 10.8. The Balaban J connectivity index is 1.31. The quantitative estimate of drug-likeness (QED) is 0.519. The van der Waals surface area contributed by atoms with Gasteiger partial charge in [-0.25, -0.2) is 0 Å². The molecule has 4 rings (SSSR count). The van der Waals surface area contributed by atoms with E-state index in [4.69, 9.17) is 4.74 Å². The fourth-order valence-corrected chi connectivity index (χ4v) is 4.02. The number of amides is 1. The highest BCUT2D eigenvalue weighted by Crippen LogP contribution is 2.23. The second-order valence-corrected chi connectivity index (χ2v) is 8.05. The highest BCUT2D eigenvalue weighted by molar-refractivity contribution is 5.92. The molecule has 1 amide bonds. The van der Waals surface area contributed by atoms with Crippen LogP contribution in [0, 0.1) is 0 Å². The number of nitrogens with zero attached hydrogens (tertiary/aromatic N) is 4. The SMILES string of the molecule is CCN(CC)c1cccc(OCC(=O)Nc2ccc(-c3ccc(N4CCCC4)nn3)cc2)c1. The Labute approximate surface area is 195 Å². The molecule has 3 aromatic rings.